The van der Waals surface area contributed by atoms with Gasteiger partial charge in [0.25, 0.3) is 0 Å². The zero-order valence-corrected chi connectivity index (χ0v) is 15.2. The Labute approximate surface area is 151 Å². The van der Waals surface area contributed by atoms with E-state index in [4.69, 9.17) is 4.74 Å². The predicted molar refractivity (Wildman–Crippen MR) is 93.8 cm³/mol. The van der Waals surface area contributed by atoms with E-state index in [0.29, 0.717) is 11.3 Å². The lowest BCUT2D eigenvalue weighted by Crippen LogP contribution is -2.52. The third-order valence-electron chi connectivity index (χ3n) is 4.34. The smallest absolute Gasteiger partial charge is 0.244 e. The summed E-state index contributed by atoms with van der Waals surface area (Å²) in [5.41, 5.74) is 0.763. The Balaban J connectivity index is 2.04. The van der Waals surface area contributed by atoms with Crippen molar-refractivity contribution >= 4 is 15.9 Å². The number of sulfonamides is 1. The molecule has 0 radical (unpaired) electrons. The molecular formula is C18H19FN2O4S. The molecule has 1 heterocycles. The van der Waals surface area contributed by atoms with E-state index in [9.17, 15) is 17.6 Å². The molecule has 0 aromatic heterocycles. The first-order valence-electron chi connectivity index (χ1n) is 8.04. The molecule has 1 fully saturated rings. The lowest BCUT2D eigenvalue weighted by Gasteiger charge is -2.34. The second-order valence-electron chi connectivity index (χ2n) is 5.99. The molecule has 138 valence electrons. The molecule has 0 saturated carbocycles. The van der Waals surface area contributed by atoms with E-state index in [1.807, 2.05) is 0 Å². The van der Waals surface area contributed by atoms with Gasteiger partial charge in [0.15, 0.2) is 0 Å². The molecule has 0 spiro atoms. The SMILES string of the molecule is COc1ccc(C2C(=O)NCCN2S(=O)(=O)c2ccc(F)c(C)c2)cc1. The van der Waals surface area contributed by atoms with Crippen LogP contribution in [0.3, 0.4) is 0 Å². The van der Waals surface area contributed by atoms with Crippen molar-refractivity contribution in [2.45, 2.75) is 17.9 Å². The molecular weight excluding hydrogens is 359 g/mol. The summed E-state index contributed by atoms with van der Waals surface area (Å²) in [4.78, 5) is 12.4. The maximum Gasteiger partial charge on any atom is 0.244 e. The summed E-state index contributed by atoms with van der Waals surface area (Å²) in [6.07, 6.45) is 0. The number of methoxy groups -OCH3 is 1. The molecule has 26 heavy (non-hydrogen) atoms. The highest BCUT2D eigenvalue weighted by Gasteiger charge is 2.39. The highest BCUT2D eigenvalue weighted by molar-refractivity contribution is 7.89. The number of aryl methyl sites for hydroxylation is 1. The summed E-state index contributed by atoms with van der Waals surface area (Å²) in [6, 6.07) is 9.28. The number of hydrogen-bond acceptors (Lipinski definition) is 4. The van der Waals surface area contributed by atoms with E-state index in [0.717, 1.165) is 10.4 Å². The molecule has 1 unspecified atom stereocenters. The fourth-order valence-corrected chi connectivity index (χ4v) is 4.58. The number of carbonyl (C=O) groups excluding carboxylic acids is 1. The first kappa shape index (κ1) is 18.3. The summed E-state index contributed by atoms with van der Waals surface area (Å²) in [5.74, 6) is -0.274. The zero-order valence-electron chi connectivity index (χ0n) is 14.4. The van der Waals surface area contributed by atoms with Crippen molar-refractivity contribution in [1.29, 1.82) is 0 Å². The van der Waals surface area contributed by atoms with Crippen molar-refractivity contribution in [3.05, 3.63) is 59.4 Å². The summed E-state index contributed by atoms with van der Waals surface area (Å²) in [6.45, 7) is 1.84. The Kier molecular flexibility index (Phi) is 4.97. The van der Waals surface area contributed by atoms with Gasteiger partial charge >= 0.3 is 0 Å². The maximum atomic E-state index is 13.5. The molecule has 1 saturated heterocycles. The van der Waals surface area contributed by atoms with Crippen LogP contribution in [-0.2, 0) is 14.8 Å². The topological polar surface area (TPSA) is 75.7 Å². The molecule has 1 aliphatic heterocycles. The molecule has 1 atom stereocenters. The largest absolute Gasteiger partial charge is 0.497 e. The van der Waals surface area contributed by atoms with E-state index >= 15 is 0 Å². The van der Waals surface area contributed by atoms with Gasteiger partial charge < -0.3 is 10.1 Å². The fourth-order valence-electron chi connectivity index (χ4n) is 2.92. The second-order valence-corrected chi connectivity index (χ2v) is 7.88. The van der Waals surface area contributed by atoms with E-state index in [1.54, 1.807) is 24.3 Å². The summed E-state index contributed by atoms with van der Waals surface area (Å²) < 4.78 is 46.0. The fraction of sp³-hybridized carbons (Fsp3) is 0.278. The van der Waals surface area contributed by atoms with Gasteiger partial charge in [0, 0.05) is 13.1 Å². The van der Waals surface area contributed by atoms with Gasteiger partial charge in [-0.3, -0.25) is 4.79 Å². The Hall–Kier alpha value is -2.45. The predicted octanol–water partition coefficient (Wildman–Crippen LogP) is 2.00. The summed E-state index contributed by atoms with van der Waals surface area (Å²) in [7, 11) is -2.45. The van der Waals surface area contributed by atoms with Crippen LogP contribution >= 0.6 is 0 Å². The van der Waals surface area contributed by atoms with Gasteiger partial charge in [0.1, 0.15) is 17.6 Å². The molecule has 1 amide bonds. The van der Waals surface area contributed by atoms with Crippen LogP contribution in [0.1, 0.15) is 17.2 Å². The Bertz CT molecular complexity index is 929. The molecule has 2 aromatic rings. The van der Waals surface area contributed by atoms with Crippen LogP contribution < -0.4 is 10.1 Å². The van der Waals surface area contributed by atoms with Crippen LogP contribution in [-0.4, -0.2) is 38.8 Å². The minimum Gasteiger partial charge on any atom is -0.497 e. The third kappa shape index (κ3) is 3.30. The number of rotatable bonds is 4. The normalized spacial score (nSPS) is 18.4. The zero-order chi connectivity index (χ0) is 18.9. The number of carbonyl (C=O) groups is 1. The molecule has 1 aliphatic rings. The Morgan fingerprint density at radius 1 is 1.19 bits per heavy atom. The molecule has 8 heteroatoms. The van der Waals surface area contributed by atoms with E-state index < -0.39 is 27.8 Å². The minimum atomic E-state index is -3.97. The number of benzene rings is 2. The first-order chi connectivity index (χ1) is 12.3. The molecule has 3 rings (SSSR count). The number of piperazine rings is 1. The number of halogens is 1. The van der Waals surface area contributed by atoms with E-state index in [1.165, 1.54) is 26.2 Å². The average Bonchev–Trinajstić information content (AvgIpc) is 2.64. The molecule has 1 N–H and O–H groups in total. The van der Waals surface area contributed by atoms with Gasteiger partial charge in [0.2, 0.25) is 15.9 Å². The van der Waals surface area contributed by atoms with Gasteiger partial charge in [-0.25, -0.2) is 12.8 Å². The molecule has 0 aliphatic carbocycles. The Morgan fingerprint density at radius 2 is 1.88 bits per heavy atom. The van der Waals surface area contributed by atoms with Gasteiger partial charge in [0.05, 0.1) is 12.0 Å². The van der Waals surface area contributed by atoms with Crippen LogP contribution in [0.4, 0.5) is 4.39 Å². The lowest BCUT2D eigenvalue weighted by molar-refractivity contribution is -0.126. The van der Waals surface area contributed by atoms with Crippen molar-refractivity contribution in [3.8, 4) is 5.75 Å². The Morgan fingerprint density at radius 3 is 2.50 bits per heavy atom. The van der Waals surface area contributed by atoms with Crippen molar-refractivity contribution in [3.63, 3.8) is 0 Å². The quantitative estimate of drug-likeness (QED) is 0.883. The summed E-state index contributed by atoms with van der Waals surface area (Å²) >= 11 is 0. The maximum absolute atomic E-state index is 13.5. The standard InChI is InChI=1S/C18H19FN2O4S/c1-12-11-15(7-8-16(12)19)26(23,24)21-10-9-20-18(22)17(21)13-3-5-14(25-2)6-4-13/h3-8,11,17H,9-10H2,1-2H3,(H,20,22). The highest BCUT2D eigenvalue weighted by Crippen LogP contribution is 2.31. The average molecular weight is 378 g/mol. The van der Waals surface area contributed by atoms with Crippen LogP contribution in [0.25, 0.3) is 0 Å². The second kappa shape index (κ2) is 7.05. The van der Waals surface area contributed by atoms with Crippen LogP contribution in [0.2, 0.25) is 0 Å². The van der Waals surface area contributed by atoms with Gasteiger partial charge in [-0.05, 0) is 48.4 Å². The van der Waals surface area contributed by atoms with E-state index in [-0.39, 0.29) is 23.5 Å². The number of nitrogens with zero attached hydrogens (tertiary/aromatic N) is 1. The summed E-state index contributed by atoms with van der Waals surface area (Å²) in [5, 5.41) is 2.70. The monoisotopic (exact) mass is 378 g/mol. The van der Waals surface area contributed by atoms with E-state index in [2.05, 4.69) is 5.32 Å². The van der Waals surface area contributed by atoms with Crippen molar-refractivity contribution in [2.75, 3.05) is 20.2 Å². The van der Waals surface area contributed by atoms with Gasteiger partial charge in [-0.1, -0.05) is 12.1 Å². The number of nitrogens with one attached hydrogen (secondary N) is 1. The third-order valence-corrected chi connectivity index (χ3v) is 6.20. The number of hydrogen-bond donors (Lipinski definition) is 1. The van der Waals surface area contributed by atoms with Gasteiger partial charge in [-0.15, -0.1) is 0 Å². The van der Waals surface area contributed by atoms with Crippen LogP contribution in [0, 0.1) is 12.7 Å². The number of amides is 1. The van der Waals surface area contributed by atoms with Crippen molar-refractivity contribution < 1.29 is 22.3 Å². The number of ether oxygens (including phenoxy) is 1. The van der Waals surface area contributed by atoms with Crippen LogP contribution in [0.15, 0.2) is 47.4 Å². The highest BCUT2D eigenvalue weighted by atomic mass is 32.2. The molecule has 2 aromatic carbocycles. The van der Waals surface area contributed by atoms with Crippen LogP contribution in [0.5, 0.6) is 5.75 Å². The van der Waals surface area contributed by atoms with Crippen molar-refractivity contribution in [1.82, 2.24) is 9.62 Å². The first-order valence-corrected chi connectivity index (χ1v) is 9.48. The van der Waals surface area contributed by atoms with Gasteiger partial charge in [-0.2, -0.15) is 4.31 Å². The molecule has 6 nitrogen and oxygen atoms in total. The van der Waals surface area contributed by atoms with Crippen molar-refractivity contribution in [2.24, 2.45) is 0 Å². The molecule has 0 bridgehead atoms. The minimum absolute atomic E-state index is 0.0374. The lowest BCUT2D eigenvalue weighted by atomic mass is 10.0.